The van der Waals surface area contributed by atoms with Crippen LogP contribution in [0.4, 0.5) is 18.2 Å². The molecule has 1 aromatic heterocycles. The molecule has 3 aliphatic heterocycles. The molecule has 186 valence electrons. The molecule has 3 aliphatic rings. The smallest absolute Gasteiger partial charge is 0.475 e. The van der Waals surface area contributed by atoms with E-state index in [0.717, 1.165) is 57.3 Å². The highest BCUT2D eigenvalue weighted by molar-refractivity contribution is 7.16. The first-order valence-electron chi connectivity index (χ1n) is 10.8. The van der Waals surface area contributed by atoms with Gasteiger partial charge in [-0.05, 0) is 37.8 Å². The van der Waals surface area contributed by atoms with Crippen LogP contribution in [0.2, 0.25) is 0 Å². The Kier molecular flexibility index (Phi) is 8.73. The van der Waals surface area contributed by atoms with E-state index >= 15 is 0 Å². The second-order valence-corrected chi connectivity index (χ2v) is 9.75. The van der Waals surface area contributed by atoms with Crippen molar-refractivity contribution < 1.29 is 42.1 Å². The van der Waals surface area contributed by atoms with Crippen molar-refractivity contribution in [3.63, 3.8) is 0 Å². The lowest BCUT2D eigenvalue weighted by Crippen LogP contribution is -2.61. The highest BCUT2D eigenvalue weighted by Gasteiger charge is 2.44. The normalized spacial score (nSPS) is 25.5. The van der Waals surface area contributed by atoms with Crippen molar-refractivity contribution in [1.82, 2.24) is 4.90 Å². The Morgan fingerprint density at radius 3 is 2.52 bits per heavy atom. The first kappa shape index (κ1) is 25.9. The predicted octanol–water partition coefficient (Wildman–Crippen LogP) is 2.55. The highest BCUT2D eigenvalue weighted by Crippen LogP contribution is 2.32. The van der Waals surface area contributed by atoms with Crippen LogP contribution in [0.3, 0.4) is 0 Å². The van der Waals surface area contributed by atoms with Gasteiger partial charge in [-0.2, -0.15) is 13.2 Å². The monoisotopic (exact) mass is 494 g/mol. The number of hydrogen-bond acceptors (Lipinski definition) is 7. The molecule has 0 saturated carbocycles. The number of ether oxygens (including phenoxy) is 3. The third kappa shape index (κ3) is 7.38. The van der Waals surface area contributed by atoms with E-state index in [1.165, 1.54) is 4.88 Å². The molecular formula is C21H29F3N2O6S. The summed E-state index contributed by atoms with van der Waals surface area (Å²) in [5.74, 6) is -2.04. The molecule has 1 amide bonds. The van der Waals surface area contributed by atoms with Crippen LogP contribution in [0.15, 0.2) is 12.1 Å². The third-order valence-corrected chi connectivity index (χ3v) is 6.79. The van der Waals surface area contributed by atoms with E-state index in [-0.39, 0.29) is 12.5 Å². The second kappa shape index (κ2) is 11.1. The van der Waals surface area contributed by atoms with Gasteiger partial charge in [-0.15, -0.1) is 11.3 Å². The molecule has 12 heteroatoms. The number of rotatable bonds is 3. The van der Waals surface area contributed by atoms with Crippen molar-refractivity contribution in [2.24, 2.45) is 5.92 Å². The Bertz CT molecular complexity index is 814. The maximum Gasteiger partial charge on any atom is 0.490 e. The Balaban J connectivity index is 0.000000383. The summed E-state index contributed by atoms with van der Waals surface area (Å²) in [6, 6.07) is 4.10. The molecular weight excluding hydrogens is 465 g/mol. The number of nitrogens with zero attached hydrogens (tertiary/aromatic N) is 2. The zero-order valence-electron chi connectivity index (χ0n) is 18.4. The van der Waals surface area contributed by atoms with Gasteiger partial charge in [-0.25, -0.2) is 4.79 Å². The number of aryl methyl sites for hydroxylation is 1. The van der Waals surface area contributed by atoms with Gasteiger partial charge in [0.05, 0.1) is 24.8 Å². The Morgan fingerprint density at radius 1 is 1.21 bits per heavy atom. The van der Waals surface area contributed by atoms with Crippen LogP contribution in [0.5, 0.6) is 0 Å². The molecule has 33 heavy (non-hydrogen) atoms. The van der Waals surface area contributed by atoms with Crippen LogP contribution >= 0.6 is 11.3 Å². The number of halogens is 3. The van der Waals surface area contributed by atoms with E-state index < -0.39 is 17.7 Å². The SMILES string of the molecule is Cc1ccc(N2CC3(COCCN(CC4CCOCC4)C3)OCC2=O)s1.O=C(O)C(F)(F)F. The zero-order valence-corrected chi connectivity index (χ0v) is 19.3. The highest BCUT2D eigenvalue weighted by atomic mass is 32.1. The Labute approximate surface area is 194 Å². The summed E-state index contributed by atoms with van der Waals surface area (Å²) < 4.78 is 49.2. The van der Waals surface area contributed by atoms with E-state index in [1.807, 2.05) is 11.0 Å². The third-order valence-electron chi connectivity index (χ3n) is 5.77. The first-order valence-corrected chi connectivity index (χ1v) is 11.6. The van der Waals surface area contributed by atoms with Crippen LogP contribution in [-0.2, 0) is 23.8 Å². The van der Waals surface area contributed by atoms with Gasteiger partial charge in [0.2, 0.25) is 0 Å². The molecule has 4 heterocycles. The molecule has 8 nitrogen and oxygen atoms in total. The van der Waals surface area contributed by atoms with E-state index in [0.29, 0.717) is 19.1 Å². The van der Waals surface area contributed by atoms with Gasteiger partial charge in [0.1, 0.15) is 12.2 Å². The summed E-state index contributed by atoms with van der Waals surface area (Å²) in [6.07, 6.45) is -2.82. The predicted molar refractivity (Wildman–Crippen MR) is 115 cm³/mol. The lowest BCUT2D eigenvalue weighted by Gasteiger charge is -2.43. The lowest BCUT2D eigenvalue weighted by molar-refractivity contribution is -0.192. The van der Waals surface area contributed by atoms with Crippen molar-refractivity contribution in [2.45, 2.75) is 31.5 Å². The van der Waals surface area contributed by atoms with Crippen molar-refractivity contribution in [1.29, 1.82) is 0 Å². The average molecular weight is 495 g/mol. The molecule has 1 atom stereocenters. The summed E-state index contributed by atoms with van der Waals surface area (Å²) in [5.41, 5.74) is -0.437. The van der Waals surface area contributed by atoms with Crippen LogP contribution in [0, 0.1) is 12.8 Å². The van der Waals surface area contributed by atoms with E-state index in [4.69, 9.17) is 24.1 Å². The molecule has 3 fully saturated rings. The van der Waals surface area contributed by atoms with E-state index in [1.54, 1.807) is 11.3 Å². The standard InChI is InChI=1S/C19H28N2O4S.C2HF3O2/c1-15-2-3-18(26-15)21-13-19(25-11-17(21)22)12-20(6-9-24-14-19)10-16-4-7-23-8-5-16;3-2(4,5)1(6)7/h2-3,16H,4-14H2,1H3;(H,6,7). The molecule has 0 aliphatic carbocycles. The summed E-state index contributed by atoms with van der Waals surface area (Å²) in [4.78, 5) is 26.9. The topological polar surface area (TPSA) is 88.5 Å². The largest absolute Gasteiger partial charge is 0.490 e. The van der Waals surface area contributed by atoms with Crippen molar-refractivity contribution in [2.75, 3.05) is 64.1 Å². The number of carbonyl (C=O) groups is 2. The van der Waals surface area contributed by atoms with Gasteiger partial charge in [0.25, 0.3) is 5.91 Å². The number of morpholine rings is 1. The Morgan fingerprint density at radius 2 is 1.91 bits per heavy atom. The van der Waals surface area contributed by atoms with E-state index in [2.05, 4.69) is 17.9 Å². The first-order chi connectivity index (χ1) is 15.6. The molecule has 4 rings (SSSR count). The van der Waals surface area contributed by atoms with Gasteiger partial charge >= 0.3 is 12.1 Å². The van der Waals surface area contributed by atoms with Crippen LogP contribution in [-0.4, -0.2) is 92.9 Å². The maximum atomic E-state index is 12.5. The number of carboxylic acid groups (broad SMARTS) is 1. The fourth-order valence-corrected chi connectivity index (χ4v) is 4.98. The van der Waals surface area contributed by atoms with Crippen molar-refractivity contribution in [3.05, 3.63) is 17.0 Å². The number of anilines is 1. The Hall–Kier alpha value is -1.73. The minimum absolute atomic E-state index is 0.0395. The average Bonchev–Trinajstić information content (AvgIpc) is 3.10. The lowest BCUT2D eigenvalue weighted by atomic mass is 9.97. The van der Waals surface area contributed by atoms with Crippen LogP contribution in [0.25, 0.3) is 0 Å². The van der Waals surface area contributed by atoms with Gasteiger partial charge < -0.3 is 19.3 Å². The minimum atomic E-state index is -5.08. The van der Waals surface area contributed by atoms with Crippen LogP contribution < -0.4 is 4.90 Å². The number of aliphatic carboxylic acids is 1. The zero-order chi connectivity index (χ0) is 24.1. The number of alkyl halides is 3. The second-order valence-electron chi connectivity index (χ2n) is 8.48. The van der Waals surface area contributed by atoms with Gasteiger partial charge in [0.15, 0.2) is 0 Å². The summed E-state index contributed by atoms with van der Waals surface area (Å²) in [6.45, 7) is 8.58. The number of thiophene rings is 1. The van der Waals surface area contributed by atoms with Crippen molar-refractivity contribution in [3.8, 4) is 0 Å². The molecule has 0 radical (unpaired) electrons. The van der Waals surface area contributed by atoms with Gasteiger partial charge in [-0.3, -0.25) is 14.6 Å². The van der Waals surface area contributed by atoms with Crippen LogP contribution in [0.1, 0.15) is 17.7 Å². The quantitative estimate of drug-likeness (QED) is 0.691. The molecule has 1 aromatic rings. The number of carbonyl (C=O) groups excluding carboxylic acids is 1. The molecule has 0 bridgehead atoms. The molecule has 1 unspecified atom stereocenters. The maximum absolute atomic E-state index is 12.5. The molecule has 3 saturated heterocycles. The number of carboxylic acids is 1. The van der Waals surface area contributed by atoms with Crippen molar-refractivity contribution >= 4 is 28.2 Å². The van der Waals surface area contributed by atoms with Gasteiger partial charge in [0, 0.05) is 37.7 Å². The minimum Gasteiger partial charge on any atom is -0.475 e. The molecule has 1 spiro atoms. The number of hydrogen-bond donors (Lipinski definition) is 1. The molecule has 0 aromatic carbocycles. The fourth-order valence-electron chi connectivity index (χ4n) is 4.10. The summed E-state index contributed by atoms with van der Waals surface area (Å²) in [5, 5.41) is 8.13. The summed E-state index contributed by atoms with van der Waals surface area (Å²) in [7, 11) is 0. The number of amides is 1. The van der Waals surface area contributed by atoms with E-state index in [9.17, 15) is 18.0 Å². The summed E-state index contributed by atoms with van der Waals surface area (Å²) >= 11 is 1.66. The van der Waals surface area contributed by atoms with Gasteiger partial charge in [-0.1, -0.05) is 0 Å². The fraction of sp³-hybridized carbons (Fsp3) is 0.714. The molecule has 1 N–H and O–H groups in total.